The van der Waals surface area contributed by atoms with Gasteiger partial charge in [-0.3, -0.25) is 0 Å². The maximum atomic E-state index is 2.57. The molecule has 0 unspecified atom stereocenters. The molecule has 0 fully saturated rings. The average molecular weight is 867 g/mol. The quantitative estimate of drug-likeness (QED) is 0.111. The Balaban J connectivity index is 1.10. The van der Waals surface area contributed by atoms with Crippen LogP contribution >= 0.6 is 0 Å². The first kappa shape index (κ1) is 44.5. The number of fused-ring (bicyclic) bond motifs is 4. The second-order valence-electron chi connectivity index (χ2n) is 21.3. The normalized spacial score (nSPS) is 12.7. The second-order valence-corrected chi connectivity index (χ2v) is 21.3. The zero-order valence-electron chi connectivity index (χ0n) is 42.4. The lowest BCUT2D eigenvalue weighted by Crippen LogP contribution is -2.56. The third kappa shape index (κ3) is 7.40. The monoisotopic (exact) mass is 867 g/mol. The predicted molar refractivity (Wildman–Crippen MR) is 296 cm³/mol. The second kappa shape index (κ2) is 16.4. The van der Waals surface area contributed by atoms with Crippen LogP contribution in [0.2, 0.25) is 0 Å². The van der Waals surface area contributed by atoms with Gasteiger partial charge in [0.15, 0.2) is 0 Å². The van der Waals surface area contributed by atoms with Crippen LogP contribution in [-0.4, -0.2) is 13.4 Å². The van der Waals surface area contributed by atoms with E-state index in [0.717, 1.165) is 0 Å². The van der Waals surface area contributed by atoms with Crippen LogP contribution in [0.1, 0.15) is 91.7 Å². The molecule has 0 spiro atoms. The molecule has 67 heavy (non-hydrogen) atoms. The fraction of sp³-hybridized carbons (Fsp3) is 0.231. The Kier molecular flexibility index (Phi) is 10.9. The SMILES string of the molecule is Cc1cc(C)c(B(c2ccc(-c3ccc4cc5c6c(cccc6c4c3)C(C)(C)c3cc(B(c4c(C)cc(C)cc4C)c4c(C)cc(C)cc4C)ccc3-5)cc2)c2c(C)cc(C)cc2C)c(C)c1. The van der Waals surface area contributed by atoms with Gasteiger partial charge in [0, 0.05) is 5.41 Å². The van der Waals surface area contributed by atoms with Crippen molar-refractivity contribution < 1.29 is 0 Å². The van der Waals surface area contributed by atoms with E-state index in [4.69, 9.17) is 0 Å². The lowest BCUT2D eigenvalue weighted by molar-refractivity contribution is 0.646. The summed E-state index contributed by atoms with van der Waals surface area (Å²) in [6.07, 6.45) is 0. The molecule has 0 nitrogen and oxygen atoms in total. The van der Waals surface area contributed by atoms with Gasteiger partial charge in [-0.25, -0.2) is 0 Å². The lowest BCUT2D eigenvalue weighted by atomic mass is 9.34. The van der Waals surface area contributed by atoms with Crippen molar-refractivity contribution in [1.82, 2.24) is 0 Å². The van der Waals surface area contributed by atoms with Crippen molar-refractivity contribution in [2.75, 3.05) is 0 Å². The van der Waals surface area contributed by atoms with Crippen molar-refractivity contribution in [2.24, 2.45) is 0 Å². The van der Waals surface area contributed by atoms with E-state index in [1.54, 1.807) is 0 Å². The van der Waals surface area contributed by atoms with Crippen molar-refractivity contribution in [2.45, 2.75) is 102 Å². The van der Waals surface area contributed by atoms with Gasteiger partial charge in [0.2, 0.25) is 13.4 Å². The Morgan fingerprint density at radius 2 is 0.746 bits per heavy atom. The van der Waals surface area contributed by atoms with Gasteiger partial charge >= 0.3 is 0 Å². The van der Waals surface area contributed by atoms with Crippen molar-refractivity contribution in [1.29, 1.82) is 0 Å². The summed E-state index contributed by atoms with van der Waals surface area (Å²) in [6, 6.07) is 52.5. The predicted octanol–water partition coefficient (Wildman–Crippen LogP) is 12.7. The first-order valence-corrected chi connectivity index (χ1v) is 24.5. The molecule has 0 N–H and O–H groups in total. The van der Waals surface area contributed by atoms with Crippen LogP contribution in [-0.2, 0) is 5.41 Å². The molecular weight excluding hydrogens is 802 g/mol. The van der Waals surface area contributed by atoms with Crippen LogP contribution in [0.15, 0.2) is 133 Å². The number of benzene rings is 9. The molecular formula is C65H64B2. The number of hydrogen-bond donors (Lipinski definition) is 0. The zero-order chi connectivity index (χ0) is 47.4. The van der Waals surface area contributed by atoms with E-state index in [0.29, 0.717) is 0 Å². The molecule has 0 aromatic heterocycles. The van der Waals surface area contributed by atoms with Crippen LogP contribution in [0.3, 0.4) is 0 Å². The summed E-state index contributed by atoms with van der Waals surface area (Å²) < 4.78 is 0. The summed E-state index contributed by atoms with van der Waals surface area (Å²) in [6.45, 7) is 32.4. The molecule has 0 heterocycles. The van der Waals surface area contributed by atoms with Gasteiger partial charge < -0.3 is 0 Å². The molecule has 0 saturated carbocycles. The van der Waals surface area contributed by atoms with Gasteiger partial charge in [-0.1, -0.05) is 235 Å². The van der Waals surface area contributed by atoms with Crippen LogP contribution in [0, 0.1) is 83.1 Å². The number of hydrogen-bond acceptors (Lipinski definition) is 0. The van der Waals surface area contributed by atoms with Crippen LogP contribution < -0.4 is 32.8 Å². The van der Waals surface area contributed by atoms with E-state index in [1.807, 2.05) is 0 Å². The molecule has 0 saturated heterocycles. The van der Waals surface area contributed by atoms with E-state index in [2.05, 4.69) is 230 Å². The smallest absolute Gasteiger partial charge is 0.0686 e. The minimum absolute atomic E-state index is 0.126. The lowest BCUT2D eigenvalue weighted by Gasteiger charge is -2.36. The number of aryl methyl sites for hydroxylation is 12. The average Bonchev–Trinajstić information content (AvgIpc) is 3.25. The van der Waals surface area contributed by atoms with E-state index in [-0.39, 0.29) is 18.8 Å². The van der Waals surface area contributed by atoms with Crippen molar-refractivity contribution in [3.8, 4) is 22.3 Å². The molecule has 0 radical (unpaired) electrons. The summed E-state index contributed by atoms with van der Waals surface area (Å²) in [7, 11) is 0. The van der Waals surface area contributed by atoms with Gasteiger partial charge in [0.05, 0.1) is 0 Å². The fourth-order valence-corrected chi connectivity index (χ4v) is 13.2. The Morgan fingerprint density at radius 3 is 1.21 bits per heavy atom. The minimum atomic E-state index is -0.211. The van der Waals surface area contributed by atoms with E-state index >= 15 is 0 Å². The maximum Gasteiger partial charge on any atom is 0.242 e. The van der Waals surface area contributed by atoms with E-state index in [1.165, 1.54) is 154 Å². The molecule has 330 valence electrons. The minimum Gasteiger partial charge on any atom is -0.0686 e. The first-order chi connectivity index (χ1) is 31.9. The molecule has 0 bridgehead atoms. The summed E-state index contributed by atoms with van der Waals surface area (Å²) in [5.41, 5.74) is 32.3. The molecule has 1 aliphatic carbocycles. The molecule has 1 aliphatic rings. The summed E-state index contributed by atoms with van der Waals surface area (Å²) in [4.78, 5) is 0. The molecule has 0 amide bonds. The van der Waals surface area contributed by atoms with E-state index < -0.39 is 0 Å². The third-order valence-electron chi connectivity index (χ3n) is 15.7. The molecule has 9 aromatic rings. The first-order valence-electron chi connectivity index (χ1n) is 24.5. The number of rotatable bonds is 7. The third-order valence-corrected chi connectivity index (χ3v) is 15.7. The molecule has 10 rings (SSSR count). The van der Waals surface area contributed by atoms with Gasteiger partial charge in [-0.15, -0.1) is 0 Å². The summed E-state index contributed by atoms with van der Waals surface area (Å²) in [5, 5.41) is 5.30. The van der Waals surface area contributed by atoms with Gasteiger partial charge in [-0.2, -0.15) is 0 Å². The van der Waals surface area contributed by atoms with Crippen molar-refractivity contribution in [3.63, 3.8) is 0 Å². The van der Waals surface area contributed by atoms with Crippen molar-refractivity contribution >= 4 is 67.7 Å². The van der Waals surface area contributed by atoms with E-state index in [9.17, 15) is 0 Å². The highest BCUT2D eigenvalue weighted by Gasteiger charge is 2.37. The Labute approximate surface area is 401 Å². The van der Waals surface area contributed by atoms with Gasteiger partial charge in [0.1, 0.15) is 0 Å². The highest BCUT2D eigenvalue weighted by Crippen LogP contribution is 2.50. The molecule has 0 atom stereocenters. The summed E-state index contributed by atoms with van der Waals surface area (Å²) in [5.74, 6) is 0. The molecule has 2 heteroatoms. The van der Waals surface area contributed by atoms with Crippen molar-refractivity contribution in [3.05, 3.63) is 211 Å². The zero-order valence-corrected chi connectivity index (χ0v) is 42.4. The van der Waals surface area contributed by atoms with Gasteiger partial charge in [-0.05, 0) is 150 Å². The highest BCUT2D eigenvalue weighted by atomic mass is 14.4. The van der Waals surface area contributed by atoms with Crippen LogP contribution in [0.4, 0.5) is 0 Å². The Hall–Kier alpha value is -6.37. The highest BCUT2D eigenvalue weighted by molar-refractivity contribution is 6.97. The maximum absolute atomic E-state index is 2.57. The van der Waals surface area contributed by atoms with Gasteiger partial charge in [0.25, 0.3) is 0 Å². The topological polar surface area (TPSA) is 0 Å². The molecule has 9 aromatic carbocycles. The Morgan fingerprint density at radius 1 is 0.328 bits per heavy atom. The molecule has 0 aliphatic heterocycles. The fourth-order valence-electron chi connectivity index (χ4n) is 13.2. The van der Waals surface area contributed by atoms with Crippen LogP contribution in [0.5, 0.6) is 0 Å². The standard InChI is InChI=1S/C65H64B2/c1-37-26-41(5)61(42(6)27-37)66(62-43(7)28-38(2)29-44(62)8)52-22-20-49(21-23-52)50-18-19-51-35-57-54-25-24-53(36-59(54)65(13,14)58-17-15-16-55(60(57)58)56(51)34-50)67(63-45(9)30-39(3)31-46(63)10)64-47(11)32-40(4)33-48(64)12/h15-36H,1-14H3. The van der Waals surface area contributed by atoms with Crippen LogP contribution in [0.25, 0.3) is 43.8 Å². The Bertz CT molecular complexity index is 3300. The largest absolute Gasteiger partial charge is 0.242 e. The summed E-state index contributed by atoms with van der Waals surface area (Å²) >= 11 is 0.